The zero-order valence-electron chi connectivity index (χ0n) is 11.7. The van der Waals surface area contributed by atoms with Gasteiger partial charge in [0.1, 0.15) is 11.8 Å². The van der Waals surface area contributed by atoms with Crippen molar-refractivity contribution in [3.63, 3.8) is 0 Å². The van der Waals surface area contributed by atoms with E-state index in [2.05, 4.69) is 15.5 Å². The van der Waals surface area contributed by atoms with Crippen molar-refractivity contribution < 1.29 is 9.26 Å². The molecule has 0 amide bonds. The lowest BCUT2D eigenvalue weighted by atomic mass is 10.2. The van der Waals surface area contributed by atoms with Crippen molar-refractivity contribution >= 4 is 17.0 Å². The van der Waals surface area contributed by atoms with Crippen LogP contribution in [0.15, 0.2) is 46.3 Å². The van der Waals surface area contributed by atoms with E-state index in [1.165, 1.54) is 0 Å². The number of ether oxygens (including phenoxy) is 1. The largest absolute Gasteiger partial charge is 0.495 e. The molecule has 2 heterocycles. The van der Waals surface area contributed by atoms with Gasteiger partial charge in [-0.2, -0.15) is 4.98 Å². The zero-order valence-corrected chi connectivity index (χ0v) is 12.6. The monoisotopic (exact) mass is 301 g/mol. The van der Waals surface area contributed by atoms with E-state index in [1.54, 1.807) is 18.4 Å². The summed E-state index contributed by atoms with van der Waals surface area (Å²) >= 11 is 1.59. The molecule has 0 aliphatic rings. The van der Waals surface area contributed by atoms with Gasteiger partial charge < -0.3 is 14.6 Å². The lowest BCUT2D eigenvalue weighted by Gasteiger charge is -2.14. The quantitative estimate of drug-likeness (QED) is 0.772. The van der Waals surface area contributed by atoms with Crippen LogP contribution in [0.2, 0.25) is 0 Å². The van der Waals surface area contributed by atoms with Gasteiger partial charge in [0, 0.05) is 0 Å². The molecule has 0 aliphatic heterocycles. The summed E-state index contributed by atoms with van der Waals surface area (Å²) in [6.07, 6.45) is 0. The van der Waals surface area contributed by atoms with Crippen LogP contribution in [-0.2, 0) is 0 Å². The first-order chi connectivity index (χ1) is 10.3. The van der Waals surface area contributed by atoms with Crippen LogP contribution in [0.1, 0.15) is 18.9 Å². The second kappa shape index (κ2) is 5.97. The van der Waals surface area contributed by atoms with E-state index in [9.17, 15) is 0 Å². The summed E-state index contributed by atoms with van der Waals surface area (Å²) < 4.78 is 10.7. The molecule has 2 aromatic heterocycles. The van der Waals surface area contributed by atoms with E-state index < -0.39 is 0 Å². The maximum Gasteiger partial charge on any atom is 0.249 e. The van der Waals surface area contributed by atoms with Crippen LogP contribution in [0.5, 0.6) is 5.75 Å². The highest BCUT2D eigenvalue weighted by molar-refractivity contribution is 7.13. The van der Waals surface area contributed by atoms with Gasteiger partial charge in [0.05, 0.1) is 17.7 Å². The minimum atomic E-state index is -0.109. The van der Waals surface area contributed by atoms with Crippen molar-refractivity contribution in [3.8, 4) is 16.5 Å². The molecule has 108 valence electrons. The van der Waals surface area contributed by atoms with Crippen molar-refractivity contribution in [2.45, 2.75) is 13.0 Å². The fourth-order valence-electron chi connectivity index (χ4n) is 1.98. The number of anilines is 1. The summed E-state index contributed by atoms with van der Waals surface area (Å²) in [5, 5.41) is 9.32. The number of aromatic nitrogens is 2. The molecule has 5 nitrogen and oxygen atoms in total. The van der Waals surface area contributed by atoms with Crippen LogP contribution < -0.4 is 10.1 Å². The number of thiophene rings is 1. The third-order valence-electron chi connectivity index (χ3n) is 3.03. The molecule has 1 N–H and O–H groups in total. The van der Waals surface area contributed by atoms with E-state index in [1.807, 2.05) is 48.7 Å². The number of hydrogen-bond acceptors (Lipinski definition) is 6. The Morgan fingerprint density at radius 1 is 1.24 bits per heavy atom. The highest BCUT2D eigenvalue weighted by Crippen LogP contribution is 2.28. The van der Waals surface area contributed by atoms with Gasteiger partial charge >= 0.3 is 0 Å². The number of nitrogens with one attached hydrogen (secondary N) is 1. The molecule has 0 radical (unpaired) electrons. The Kier molecular flexibility index (Phi) is 3.87. The van der Waals surface area contributed by atoms with Crippen LogP contribution in [0, 0.1) is 0 Å². The second-order valence-corrected chi connectivity index (χ2v) is 5.45. The lowest BCUT2D eigenvalue weighted by Crippen LogP contribution is -2.08. The molecule has 0 aliphatic carbocycles. The normalized spacial score (nSPS) is 12.1. The summed E-state index contributed by atoms with van der Waals surface area (Å²) in [7, 11) is 1.65. The van der Waals surface area contributed by atoms with Gasteiger partial charge in [0.2, 0.25) is 11.7 Å². The molecule has 0 bridgehead atoms. The molecule has 6 heteroatoms. The average molecular weight is 301 g/mol. The minimum absolute atomic E-state index is 0.109. The standard InChI is InChI=1S/C15H15N3O2S/c1-10(16-11-6-3-4-7-12(11)19-2)15-17-14(18-20-15)13-8-5-9-21-13/h3-10,16H,1-2H3/t10-/m1/s1. The van der Waals surface area contributed by atoms with Crippen LogP contribution >= 0.6 is 11.3 Å². The molecule has 3 aromatic rings. The average Bonchev–Trinajstić information content (AvgIpc) is 3.18. The van der Waals surface area contributed by atoms with Crippen molar-refractivity contribution in [1.29, 1.82) is 0 Å². The first kappa shape index (κ1) is 13.6. The van der Waals surface area contributed by atoms with Gasteiger partial charge in [-0.15, -0.1) is 11.3 Å². The van der Waals surface area contributed by atoms with Crippen molar-refractivity contribution in [2.24, 2.45) is 0 Å². The van der Waals surface area contributed by atoms with E-state index in [-0.39, 0.29) is 6.04 Å². The molecular weight excluding hydrogens is 286 g/mol. The first-order valence-corrected chi connectivity index (χ1v) is 7.43. The molecule has 0 spiro atoms. The SMILES string of the molecule is COc1ccccc1N[C@H](C)c1nc(-c2cccs2)no1. The summed E-state index contributed by atoms with van der Waals surface area (Å²) in [6.45, 7) is 1.97. The molecule has 0 saturated heterocycles. The molecule has 21 heavy (non-hydrogen) atoms. The Bertz CT molecular complexity index is 709. The topological polar surface area (TPSA) is 60.2 Å². The number of nitrogens with zero attached hydrogens (tertiary/aromatic N) is 2. The lowest BCUT2D eigenvalue weighted by molar-refractivity contribution is 0.367. The predicted molar refractivity (Wildman–Crippen MR) is 82.6 cm³/mol. The molecule has 1 atom stereocenters. The van der Waals surface area contributed by atoms with Gasteiger partial charge in [0.15, 0.2) is 0 Å². The Hall–Kier alpha value is -2.34. The molecule has 3 rings (SSSR count). The highest BCUT2D eigenvalue weighted by atomic mass is 32.1. The van der Waals surface area contributed by atoms with Gasteiger partial charge in [-0.3, -0.25) is 0 Å². The summed E-state index contributed by atoms with van der Waals surface area (Å²) in [5.74, 6) is 1.94. The number of rotatable bonds is 5. The first-order valence-electron chi connectivity index (χ1n) is 6.55. The summed E-state index contributed by atoms with van der Waals surface area (Å²) in [6, 6.07) is 11.6. The van der Waals surface area contributed by atoms with E-state index >= 15 is 0 Å². The van der Waals surface area contributed by atoms with Crippen molar-refractivity contribution in [3.05, 3.63) is 47.7 Å². The third-order valence-corrected chi connectivity index (χ3v) is 3.90. The van der Waals surface area contributed by atoms with Gasteiger partial charge in [0.25, 0.3) is 0 Å². The zero-order chi connectivity index (χ0) is 14.7. The van der Waals surface area contributed by atoms with Crippen molar-refractivity contribution in [1.82, 2.24) is 10.1 Å². The molecule has 0 unspecified atom stereocenters. The number of para-hydroxylation sites is 2. The minimum Gasteiger partial charge on any atom is -0.495 e. The number of methoxy groups -OCH3 is 1. The third kappa shape index (κ3) is 2.90. The molecular formula is C15H15N3O2S. The van der Waals surface area contributed by atoms with Gasteiger partial charge in [-0.05, 0) is 30.5 Å². The Morgan fingerprint density at radius 2 is 2.10 bits per heavy atom. The highest BCUT2D eigenvalue weighted by Gasteiger charge is 2.16. The summed E-state index contributed by atoms with van der Waals surface area (Å²) in [4.78, 5) is 5.43. The summed E-state index contributed by atoms with van der Waals surface area (Å²) in [5.41, 5.74) is 0.892. The van der Waals surface area contributed by atoms with Crippen LogP contribution in [0.4, 0.5) is 5.69 Å². The van der Waals surface area contributed by atoms with E-state index in [0.29, 0.717) is 11.7 Å². The fraction of sp³-hybridized carbons (Fsp3) is 0.200. The van der Waals surface area contributed by atoms with Crippen LogP contribution in [0.25, 0.3) is 10.7 Å². The van der Waals surface area contributed by atoms with Gasteiger partial charge in [-0.1, -0.05) is 23.4 Å². The van der Waals surface area contributed by atoms with Gasteiger partial charge in [-0.25, -0.2) is 0 Å². The van der Waals surface area contributed by atoms with Crippen LogP contribution in [0.3, 0.4) is 0 Å². The molecule has 0 fully saturated rings. The smallest absolute Gasteiger partial charge is 0.249 e. The number of hydrogen-bond donors (Lipinski definition) is 1. The Morgan fingerprint density at radius 3 is 2.86 bits per heavy atom. The fourth-order valence-corrected chi connectivity index (χ4v) is 2.63. The Labute approximate surface area is 126 Å². The van der Waals surface area contributed by atoms with E-state index in [4.69, 9.17) is 9.26 Å². The second-order valence-electron chi connectivity index (χ2n) is 4.50. The van der Waals surface area contributed by atoms with E-state index in [0.717, 1.165) is 16.3 Å². The molecule has 1 aromatic carbocycles. The predicted octanol–water partition coefficient (Wildman–Crippen LogP) is 3.98. The number of benzene rings is 1. The van der Waals surface area contributed by atoms with Crippen molar-refractivity contribution in [2.75, 3.05) is 12.4 Å². The molecule has 0 saturated carbocycles. The maximum absolute atomic E-state index is 5.34. The Balaban J connectivity index is 1.78. The maximum atomic E-state index is 5.34. The van der Waals surface area contributed by atoms with Crippen LogP contribution in [-0.4, -0.2) is 17.3 Å².